The maximum Gasteiger partial charge on any atom is 0.237 e. The molecule has 0 aliphatic heterocycles. The second-order valence-corrected chi connectivity index (χ2v) is 5.46. The van der Waals surface area contributed by atoms with Crippen molar-refractivity contribution in [3.05, 3.63) is 29.4 Å². The van der Waals surface area contributed by atoms with Crippen molar-refractivity contribution < 1.29 is 4.79 Å². The average Bonchev–Trinajstić information content (AvgIpc) is 2.37. The third-order valence-electron chi connectivity index (χ3n) is 2.85. The number of rotatable bonds is 5. The Morgan fingerprint density at radius 2 is 1.95 bits per heavy atom. The number of primary amides is 1. The lowest BCUT2D eigenvalue weighted by molar-refractivity contribution is -0.116. The van der Waals surface area contributed by atoms with Gasteiger partial charge in [-0.1, -0.05) is 49.7 Å². The Labute approximate surface area is 122 Å². The number of benzene rings is 1. The van der Waals surface area contributed by atoms with Gasteiger partial charge in [0, 0.05) is 17.3 Å². The van der Waals surface area contributed by atoms with Crippen molar-refractivity contribution in [3.63, 3.8) is 0 Å². The number of aromatic nitrogens is 2. The van der Waals surface area contributed by atoms with Crippen LogP contribution >= 0.6 is 11.6 Å². The van der Waals surface area contributed by atoms with Gasteiger partial charge in [-0.15, -0.1) is 10.2 Å². The predicted octanol–water partition coefficient (Wildman–Crippen LogP) is 2.23. The maximum atomic E-state index is 11.3. The summed E-state index contributed by atoms with van der Waals surface area (Å²) in [6, 6.07) is 7.59. The van der Waals surface area contributed by atoms with E-state index < -0.39 is 5.91 Å². The van der Waals surface area contributed by atoms with Gasteiger partial charge in [-0.05, 0) is 5.92 Å². The van der Waals surface area contributed by atoms with Gasteiger partial charge in [0.25, 0.3) is 0 Å². The summed E-state index contributed by atoms with van der Waals surface area (Å²) in [6.07, 6.45) is 0. The number of carbonyl (C=O) groups excluding carboxylic acids is 1. The molecular formula is C14H17ClN4O. The van der Waals surface area contributed by atoms with Crippen LogP contribution in [0.2, 0.25) is 5.15 Å². The summed E-state index contributed by atoms with van der Waals surface area (Å²) in [5.74, 6) is 0.606. The third kappa shape index (κ3) is 3.17. The molecule has 1 amide bonds. The highest BCUT2D eigenvalue weighted by molar-refractivity contribution is 6.34. The Morgan fingerprint density at radius 1 is 1.30 bits per heavy atom. The molecule has 1 heterocycles. The zero-order chi connectivity index (χ0) is 14.7. The molecule has 0 aliphatic rings. The molecule has 0 atom stereocenters. The van der Waals surface area contributed by atoms with Crippen LogP contribution in [0.1, 0.15) is 13.8 Å². The van der Waals surface area contributed by atoms with Crippen LogP contribution in [0.3, 0.4) is 0 Å². The molecule has 5 nitrogen and oxygen atoms in total. The number of fused-ring (bicyclic) bond motifs is 1. The number of hydrogen-bond acceptors (Lipinski definition) is 4. The van der Waals surface area contributed by atoms with Crippen LogP contribution in [0.4, 0.5) is 5.82 Å². The Bertz CT molecular complexity index is 630. The SMILES string of the molecule is CC(C)CN(CC(N)=O)c1nnc(Cl)c2ccccc12. The molecule has 0 aliphatic carbocycles. The standard InChI is InChI=1S/C14H17ClN4O/c1-9(2)7-19(8-12(16)20)14-11-6-4-3-5-10(11)13(15)17-18-14/h3-6,9H,7-8H2,1-2H3,(H2,16,20). The largest absolute Gasteiger partial charge is 0.368 e. The van der Waals surface area contributed by atoms with E-state index >= 15 is 0 Å². The van der Waals surface area contributed by atoms with Crippen LogP contribution in [0.15, 0.2) is 24.3 Å². The first kappa shape index (κ1) is 14.5. The van der Waals surface area contributed by atoms with Crippen molar-refractivity contribution in [1.29, 1.82) is 0 Å². The highest BCUT2D eigenvalue weighted by atomic mass is 35.5. The number of anilines is 1. The molecule has 0 spiro atoms. The van der Waals surface area contributed by atoms with E-state index in [0.717, 1.165) is 10.8 Å². The van der Waals surface area contributed by atoms with Crippen molar-refractivity contribution in [2.24, 2.45) is 11.7 Å². The Hall–Kier alpha value is -1.88. The van der Waals surface area contributed by atoms with Gasteiger partial charge in [0.15, 0.2) is 11.0 Å². The van der Waals surface area contributed by atoms with Crippen LogP contribution in [0.25, 0.3) is 10.8 Å². The summed E-state index contributed by atoms with van der Waals surface area (Å²) in [4.78, 5) is 13.1. The zero-order valence-corrected chi connectivity index (χ0v) is 12.3. The zero-order valence-electron chi connectivity index (χ0n) is 11.5. The van der Waals surface area contributed by atoms with Crippen LogP contribution in [0, 0.1) is 5.92 Å². The molecule has 20 heavy (non-hydrogen) atoms. The molecule has 0 unspecified atom stereocenters. The number of hydrogen-bond donors (Lipinski definition) is 1. The predicted molar refractivity (Wildman–Crippen MR) is 80.8 cm³/mol. The van der Waals surface area contributed by atoms with Gasteiger partial charge < -0.3 is 10.6 Å². The van der Waals surface area contributed by atoms with Crippen LogP contribution in [-0.2, 0) is 4.79 Å². The molecule has 0 saturated carbocycles. The Kier molecular flexibility index (Phi) is 4.39. The Balaban J connectivity index is 2.52. The molecule has 0 radical (unpaired) electrons. The summed E-state index contributed by atoms with van der Waals surface area (Å²) in [5, 5.41) is 10.2. The highest BCUT2D eigenvalue weighted by Crippen LogP contribution is 2.28. The average molecular weight is 293 g/mol. The summed E-state index contributed by atoms with van der Waals surface area (Å²) in [5.41, 5.74) is 5.33. The van der Waals surface area contributed by atoms with Gasteiger partial charge in [-0.3, -0.25) is 4.79 Å². The molecular weight excluding hydrogens is 276 g/mol. The van der Waals surface area contributed by atoms with Crippen molar-refractivity contribution in [1.82, 2.24) is 10.2 Å². The van der Waals surface area contributed by atoms with E-state index in [0.29, 0.717) is 23.4 Å². The van der Waals surface area contributed by atoms with E-state index in [2.05, 4.69) is 24.0 Å². The van der Waals surface area contributed by atoms with Crippen LogP contribution in [-0.4, -0.2) is 29.2 Å². The number of carbonyl (C=O) groups is 1. The molecule has 0 bridgehead atoms. The summed E-state index contributed by atoms with van der Waals surface area (Å²) in [6.45, 7) is 4.92. The van der Waals surface area contributed by atoms with Gasteiger partial charge in [0.05, 0.1) is 6.54 Å². The first-order valence-electron chi connectivity index (χ1n) is 6.43. The summed E-state index contributed by atoms with van der Waals surface area (Å²) in [7, 11) is 0. The third-order valence-corrected chi connectivity index (χ3v) is 3.13. The lowest BCUT2D eigenvalue weighted by Gasteiger charge is -2.24. The van der Waals surface area contributed by atoms with Crippen molar-refractivity contribution in [3.8, 4) is 0 Å². The topological polar surface area (TPSA) is 72.1 Å². The minimum Gasteiger partial charge on any atom is -0.368 e. The molecule has 106 valence electrons. The number of amides is 1. The molecule has 1 aromatic carbocycles. The van der Waals surface area contributed by atoms with Gasteiger partial charge in [0.1, 0.15) is 0 Å². The fourth-order valence-electron chi connectivity index (χ4n) is 2.15. The minimum absolute atomic E-state index is 0.110. The molecule has 6 heteroatoms. The second-order valence-electron chi connectivity index (χ2n) is 5.10. The van der Waals surface area contributed by atoms with Gasteiger partial charge >= 0.3 is 0 Å². The minimum atomic E-state index is -0.397. The molecule has 0 fully saturated rings. The second kappa shape index (κ2) is 6.05. The quantitative estimate of drug-likeness (QED) is 0.917. The maximum absolute atomic E-state index is 11.3. The number of nitrogens with two attached hydrogens (primary N) is 1. The molecule has 2 N–H and O–H groups in total. The summed E-state index contributed by atoms with van der Waals surface area (Å²) >= 11 is 6.06. The van der Waals surface area contributed by atoms with E-state index in [1.54, 1.807) is 0 Å². The Morgan fingerprint density at radius 3 is 2.55 bits per heavy atom. The van der Waals surface area contributed by atoms with Crippen molar-refractivity contribution in [2.75, 3.05) is 18.0 Å². The first-order valence-corrected chi connectivity index (χ1v) is 6.81. The fraction of sp³-hybridized carbons (Fsp3) is 0.357. The number of nitrogens with zero attached hydrogens (tertiary/aromatic N) is 3. The summed E-state index contributed by atoms with van der Waals surface area (Å²) < 4.78 is 0. The van der Waals surface area contributed by atoms with E-state index in [4.69, 9.17) is 17.3 Å². The van der Waals surface area contributed by atoms with E-state index in [1.165, 1.54) is 0 Å². The van der Waals surface area contributed by atoms with Crippen LogP contribution in [0.5, 0.6) is 0 Å². The van der Waals surface area contributed by atoms with E-state index in [1.807, 2.05) is 29.2 Å². The lowest BCUT2D eigenvalue weighted by Crippen LogP contribution is -2.37. The van der Waals surface area contributed by atoms with Gasteiger partial charge in [-0.2, -0.15) is 0 Å². The smallest absolute Gasteiger partial charge is 0.237 e. The van der Waals surface area contributed by atoms with Gasteiger partial charge in [-0.25, -0.2) is 0 Å². The normalized spacial score (nSPS) is 11.0. The molecule has 2 rings (SSSR count). The number of halogens is 1. The molecule has 1 aromatic heterocycles. The molecule has 0 saturated heterocycles. The monoisotopic (exact) mass is 292 g/mol. The fourth-order valence-corrected chi connectivity index (χ4v) is 2.35. The van der Waals surface area contributed by atoms with Crippen molar-refractivity contribution in [2.45, 2.75) is 13.8 Å². The lowest BCUT2D eigenvalue weighted by atomic mass is 10.1. The van der Waals surface area contributed by atoms with E-state index in [9.17, 15) is 4.79 Å². The van der Waals surface area contributed by atoms with Crippen molar-refractivity contribution >= 4 is 34.1 Å². The first-order chi connectivity index (χ1) is 9.49. The molecule has 2 aromatic rings. The van der Waals surface area contributed by atoms with Crippen LogP contribution < -0.4 is 10.6 Å². The highest BCUT2D eigenvalue weighted by Gasteiger charge is 2.17. The van der Waals surface area contributed by atoms with Gasteiger partial charge in [0.2, 0.25) is 5.91 Å². The van der Waals surface area contributed by atoms with E-state index in [-0.39, 0.29) is 6.54 Å².